The van der Waals surface area contributed by atoms with Gasteiger partial charge in [0, 0.05) is 10.1 Å². The molecule has 0 bridgehead atoms. The van der Waals surface area contributed by atoms with Crippen LogP contribution in [0.1, 0.15) is 84.8 Å². The van der Waals surface area contributed by atoms with Gasteiger partial charge in [-0.05, 0) is 38.8 Å². The summed E-state index contributed by atoms with van der Waals surface area (Å²) in [5.74, 6) is 0. The monoisotopic (exact) mass is 388 g/mol. The second kappa shape index (κ2) is 21.1. The molecule has 0 N–H and O–H groups in total. The molecule has 1 fully saturated rings. The highest BCUT2D eigenvalue weighted by Gasteiger charge is 2.13. The molecule has 3 rings (SSSR count). The van der Waals surface area contributed by atoms with Gasteiger partial charge in [0.1, 0.15) is 0 Å². The fourth-order valence-corrected chi connectivity index (χ4v) is 3.77. The van der Waals surface area contributed by atoms with Crippen LogP contribution in [0.2, 0.25) is 0 Å². The van der Waals surface area contributed by atoms with Crippen LogP contribution >= 0.6 is 11.8 Å². The first-order valence-electron chi connectivity index (χ1n) is 11.0. The highest BCUT2D eigenvalue weighted by atomic mass is 32.2. The standard InChI is InChI=1S/C13H18S.C7H8.3C2H6/c1-11-7-9-13(10-8-11)14-12-5-3-2-4-6-12;1-7-5-3-2-4-6-7;3*1-2/h7-10,12H,2-6H2,1H3;2-6H,1H3;3*1-2H3. The molecule has 0 amide bonds. The Balaban J connectivity index is 0. The van der Waals surface area contributed by atoms with Gasteiger partial charge in [-0.15, -0.1) is 11.8 Å². The molecule has 2 aromatic carbocycles. The molecule has 27 heavy (non-hydrogen) atoms. The Kier molecular flexibility index (Phi) is 21.9. The second-order valence-electron chi connectivity index (χ2n) is 5.85. The zero-order valence-electron chi connectivity index (χ0n) is 19.2. The van der Waals surface area contributed by atoms with Crippen LogP contribution in [-0.2, 0) is 0 Å². The van der Waals surface area contributed by atoms with Gasteiger partial charge in [0.25, 0.3) is 0 Å². The Bertz CT molecular complexity index is 495. The number of rotatable bonds is 2. The Hall–Kier alpha value is -1.21. The van der Waals surface area contributed by atoms with E-state index in [0.29, 0.717) is 0 Å². The first-order chi connectivity index (χ1) is 13.2. The molecule has 0 aliphatic heterocycles. The van der Waals surface area contributed by atoms with E-state index in [2.05, 4.69) is 62.0 Å². The van der Waals surface area contributed by atoms with Crippen LogP contribution in [0.15, 0.2) is 59.5 Å². The molecule has 2 aromatic rings. The van der Waals surface area contributed by atoms with Crippen LogP contribution in [-0.4, -0.2) is 5.25 Å². The van der Waals surface area contributed by atoms with Gasteiger partial charge in [0.05, 0.1) is 0 Å². The van der Waals surface area contributed by atoms with Crippen molar-refractivity contribution in [2.45, 2.75) is 97.6 Å². The van der Waals surface area contributed by atoms with Crippen LogP contribution in [0.4, 0.5) is 0 Å². The van der Waals surface area contributed by atoms with E-state index in [-0.39, 0.29) is 0 Å². The van der Waals surface area contributed by atoms with Gasteiger partial charge < -0.3 is 0 Å². The Morgan fingerprint density at radius 3 is 1.44 bits per heavy atom. The predicted molar refractivity (Wildman–Crippen MR) is 129 cm³/mol. The maximum Gasteiger partial charge on any atom is 0.00944 e. The van der Waals surface area contributed by atoms with Crippen molar-refractivity contribution in [3.05, 3.63) is 65.7 Å². The minimum absolute atomic E-state index is 0.881. The summed E-state index contributed by atoms with van der Waals surface area (Å²) in [4.78, 5) is 1.45. The van der Waals surface area contributed by atoms with E-state index in [1.165, 1.54) is 48.1 Å². The fraction of sp³-hybridized carbons (Fsp3) is 0.538. The van der Waals surface area contributed by atoms with Crippen molar-refractivity contribution >= 4 is 11.8 Å². The van der Waals surface area contributed by atoms with Gasteiger partial charge in [-0.2, -0.15) is 0 Å². The normalized spacial score (nSPS) is 12.4. The first-order valence-corrected chi connectivity index (χ1v) is 11.9. The number of aryl methyl sites for hydroxylation is 2. The molecule has 1 aliphatic rings. The number of benzene rings is 2. The summed E-state index contributed by atoms with van der Waals surface area (Å²) in [6, 6.07) is 19.2. The minimum atomic E-state index is 0.881. The molecule has 0 nitrogen and oxygen atoms in total. The van der Waals surface area contributed by atoms with Crippen molar-refractivity contribution in [3.8, 4) is 0 Å². The average Bonchev–Trinajstić information content (AvgIpc) is 2.76. The topological polar surface area (TPSA) is 0 Å². The zero-order chi connectivity index (χ0) is 20.9. The van der Waals surface area contributed by atoms with Crippen molar-refractivity contribution in [2.24, 2.45) is 0 Å². The summed E-state index contributed by atoms with van der Waals surface area (Å²) >= 11 is 2.07. The quantitative estimate of drug-likeness (QED) is 0.493. The molecule has 0 unspecified atom stereocenters. The van der Waals surface area contributed by atoms with E-state index in [1.54, 1.807) is 0 Å². The number of hydrogen-bond acceptors (Lipinski definition) is 1. The smallest absolute Gasteiger partial charge is 0.00944 e. The predicted octanol–water partition coefficient (Wildman–Crippen LogP) is 9.49. The van der Waals surface area contributed by atoms with Crippen LogP contribution in [0.25, 0.3) is 0 Å². The van der Waals surface area contributed by atoms with Crippen molar-refractivity contribution in [1.82, 2.24) is 0 Å². The molecule has 154 valence electrons. The van der Waals surface area contributed by atoms with E-state index in [1.807, 2.05) is 59.7 Å². The lowest BCUT2D eigenvalue weighted by Crippen LogP contribution is -2.07. The highest BCUT2D eigenvalue weighted by molar-refractivity contribution is 8.00. The Morgan fingerprint density at radius 1 is 0.593 bits per heavy atom. The van der Waals surface area contributed by atoms with Crippen molar-refractivity contribution in [1.29, 1.82) is 0 Å². The molecule has 0 heterocycles. The van der Waals surface area contributed by atoms with Crippen LogP contribution in [0.3, 0.4) is 0 Å². The van der Waals surface area contributed by atoms with Gasteiger partial charge in [0.2, 0.25) is 0 Å². The van der Waals surface area contributed by atoms with Crippen molar-refractivity contribution in [3.63, 3.8) is 0 Å². The largest absolute Gasteiger partial charge is 0.123 e. The molecule has 1 heteroatoms. The maximum atomic E-state index is 2.26. The van der Waals surface area contributed by atoms with Crippen LogP contribution in [0, 0.1) is 13.8 Å². The highest BCUT2D eigenvalue weighted by Crippen LogP contribution is 2.33. The number of thioether (sulfide) groups is 1. The molecule has 0 atom stereocenters. The van der Waals surface area contributed by atoms with Gasteiger partial charge in [-0.25, -0.2) is 0 Å². The molecule has 0 aromatic heterocycles. The van der Waals surface area contributed by atoms with Gasteiger partial charge in [-0.1, -0.05) is 114 Å². The fourth-order valence-electron chi connectivity index (χ4n) is 2.53. The van der Waals surface area contributed by atoms with Crippen LogP contribution < -0.4 is 0 Å². The Morgan fingerprint density at radius 2 is 1.04 bits per heavy atom. The van der Waals surface area contributed by atoms with E-state index < -0.39 is 0 Å². The van der Waals surface area contributed by atoms with Gasteiger partial charge in [-0.3, -0.25) is 0 Å². The van der Waals surface area contributed by atoms with E-state index in [9.17, 15) is 0 Å². The van der Waals surface area contributed by atoms with E-state index in [0.717, 1.165) is 5.25 Å². The summed E-state index contributed by atoms with van der Waals surface area (Å²) in [6.45, 7) is 16.2. The maximum absolute atomic E-state index is 2.26. The lowest BCUT2D eigenvalue weighted by molar-refractivity contribution is 0.516. The van der Waals surface area contributed by atoms with Gasteiger partial charge in [0.15, 0.2) is 0 Å². The van der Waals surface area contributed by atoms with E-state index >= 15 is 0 Å². The second-order valence-corrected chi connectivity index (χ2v) is 7.22. The minimum Gasteiger partial charge on any atom is -0.123 e. The van der Waals surface area contributed by atoms with Crippen molar-refractivity contribution < 1.29 is 0 Å². The summed E-state index contributed by atoms with van der Waals surface area (Å²) in [6.07, 6.45) is 7.15. The van der Waals surface area contributed by atoms with Gasteiger partial charge >= 0.3 is 0 Å². The third-order valence-electron chi connectivity index (χ3n) is 3.82. The molecule has 0 saturated heterocycles. The molecule has 0 radical (unpaired) electrons. The molecule has 1 saturated carbocycles. The SMILES string of the molecule is CC.CC.CC.Cc1ccc(SC2CCCCC2)cc1.Cc1ccccc1. The van der Waals surface area contributed by atoms with Crippen molar-refractivity contribution in [2.75, 3.05) is 0 Å². The third kappa shape index (κ3) is 15.5. The summed E-state index contributed by atoms with van der Waals surface area (Å²) in [7, 11) is 0. The molecule has 1 aliphatic carbocycles. The lowest BCUT2D eigenvalue weighted by Gasteiger charge is -2.20. The molecule has 0 spiro atoms. The Labute approximate surface area is 175 Å². The number of hydrogen-bond donors (Lipinski definition) is 0. The van der Waals surface area contributed by atoms with Crippen LogP contribution in [0.5, 0.6) is 0 Å². The molecular weight excluding hydrogens is 344 g/mol. The first kappa shape index (κ1) is 28.0. The van der Waals surface area contributed by atoms with E-state index in [4.69, 9.17) is 0 Å². The lowest BCUT2D eigenvalue weighted by atomic mass is 10.0. The summed E-state index contributed by atoms with van der Waals surface area (Å²) in [5, 5.41) is 0.881. The summed E-state index contributed by atoms with van der Waals surface area (Å²) < 4.78 is 0. The third-order valence-corrected chi connectivity index (χ3v) is 5.17. The average molecular weight is 389 g/mol. The zero-order valence-corrected chi connectivity index (χ0v) is 20.0. The molecular formula is C26H44S. The summed E-state index contributed by atoms with van der Waals surface area (Å²) in [5.41, 5.74) is 2.68.